The van der Waals surface area contributed by atoms with Gasteiger partial charge in [0.15, 0.2) is 5.58 Å². The molecule has 28 heavy (non-hydrogen) atoms. The summed E-state index contributed by atoms with van der Waals surface area (Å²) in [5, 5.41) is 0. The van der Waals surface area contributed by atoms with E-state index in [1.165, 1.54) is 4.57 Å². The minimum Gasteiger partial charge on any atom is -0.459 e. The number of rotatable bonds is 6. The van der Waals surface area contributed by atoms with Gasteiger partial charge in [-0.15, -0.1) is 0 Å². The van der Waals surface area contributed by atoms with Crippen LogP contribution < -0.4 is 10.5 Å². The van der Waals surface area contributed by atoms with Crippen LogP contribution in [-0.2, 0) is 22.7 Å². The van der Waals surface area contributed by atoms with Crippen molar-refractivity contribution in [3.63, 3.8) is 0 Å². The van der Waals surface area contributed by atoms with Crippen molar-refractivity contribution in [1.29, 1.82) is 0 Å². The predicted molar refractivity (Wildman–Crippen MR) is 103 cm³/mol. The molecule has 0 unspecified atom stereocenters. The molecule has 1 aromatic heterocycles. The number of ether oxygens (including phenoxy) is 2. The lowest BCUT2D eigenvalue weighted by atomic mass is 10.2. The van der Waals surface area contributed by atoms with Crippen LogP contribution in [0.3, 0.4) is 0 Å². The molecule has 1 heterocycles. The van der Waals surface area contributed by atoms with Crippen LogP contribution in [0.15, 0.2) is 88.1 Å². The number of aromatic nitrogens is 1. The monoisotopic (exact) mass is 375 g/mol. The van der Waals surface area contributed by atoms with E-state index in [-0.39, 0.29) is 13.2 Å². The maximum atomic E-state index is 12.3. The molecule has 140 valence electrons. The minimum absolute atomic E-state index is 0.0341. The number of carbonyl (C=O) groups is 1. The third-order valence-corrected chi connectivity index (χ3v) is 4.19. The standard InChI is InChI=1S/C22H17NO5/c24-21(14-23-18-11-5-7-13-20(18)28-22(23)25)26-15-16-8-4-6-12-19(16)27-17-9-2-1-3-10-17/h1-13H,14-15H2. The molecule has 0 aliphatic heterocycles. The molecule has 0 amide bonds. The average Bonchev–Trinajstić information content (AvgIpc) is 3.03. The van der Waals surface area contributed by atoms with E-state index >= 15 is 0 Å². The Labute approximate surface area is 160 Å². The second-order valence-electron chi connectivity index (χ2n) is 6.11. The maximum absolute atomic E-state index is 12.3. The van der Waals surface area contributed by atoms with Crippen LogP contribution in [-0.4, -0.2) is 10.5 Å². The van der Waals surface area contributed by atoms with Gasteiger partial charge in [0.05, 0.1) is 5.52 Å². The van der Waals surface area contributed by atoms with E-state index in [0.29, 0.717) is 22.6 Å². The molecule has 0 saturated carbocycles. The number of nitrogens with zero attached hydrogens (tertiary/aromatic N) is 1. The Hall–Kier alpha value is -3.80. The molecule has 0 saturated heterocycles. The zero-order valence-corrected chi connectivity index (χ0v) is 14.9. The summed E-state index contributed by atoms with van der Waals surface area (Å²) in [5.41, 5.74) is 1.71. The van der Waals surface area contributed by atoms with Gasteiger partial charge < -0.3 is 13.9 Å². The van der Waals surface area contributed by atoms with Gasteiger partial charge in [0.25, 0.3) is 0 Å². The Kier molecular flexibility index (Phi) is 4.93. The van der Waals surface area contributed by atoms with Crippen molar-refractivity contribution in [1.82, 2.24) is 4.57 Å². The Balaban J connectivity index is 1.45. The van der Waals surface area contributed by atoms with Gasteiger partial charge >= 0.3 is 11.7 Å². The zero-order chi connectivity index (χ0) is 19.3. The molecule has 0 aliphatic carbocycles. The summed E-state index contributed by atoms with van der Waals surface area (Å²) in [6.07, 6.45) is 0. The summed E-state index contributed by atoms with van der Waals surface area (Å²) in [4.78, 5) is 24.3. The van der Waals surface area contributed by atoms with Crippen molar-refractivity contribution >= 4 is 17.1 Å². The van der Waals surface area contributed by atoms with Crippen molar-refractivity contribution in [3.05, 3.63) is 95.0 Å². The molecular formula is C22H17NO5. The second kappa shape index (κ2) is 7.84. The van der Waals surface area contributed by atoms with E-state index in [9.17, 15) is 9.59 Å². The molecule has 0 aliphatic rings. The number of esters is 1. The number of benzene rings is 3. The third-order valence-electron chi connectivity index (χ3n) is 4.19. The van der Waals surface area contributed by atoms with Gasteiger partial charge in [-0.05, 0) is 30.3 Å². The average molecular weight is 375 g/mol. The van der Waals surface area contributed by atoms with Crippen LogP contribution in [0.5, 0.6) is 11.5 Å². The van der Waals surface area contributed by atoms with Crippen LogP contribution in [0.1, 0.15) is 5.56 Å². The first-order valence-corrected chi connectivity index (χ1v) is 8.75. The largest absolute Gasteiger partial charge is 0.459 e. The lowest BCUT2D eigenvalue weighted by molar-refractivity contribution is -0.145. The first-order valence-electron chi connectivity index (χ1n) is 8.75. The lowest BCUT2D eigenvalue weighted by Gasteiger charge is -2.11. The van der Waals surface area contributed by atoms with Crippen LogP contribution in [0.25, 0.3) is 11.1 Å². The van der Waals surface area contributed by atoms with Crippen molar-refractivity contribution < 1.29 is 18.7 Å². The van der Waals surface area contributed by atoms with Crippen LogP contribution in [0.2, 0.25) is 0 Å². The lowest BCUT2D eigenvalue weighted by Crippen LogP contribution is -2.21. The summed E-state index contributed by atoms with van der Waals surface area (Å²) >= 11 is 0. The normalized spacial score (nSPS) is 10.7. The topological polar surface area (TPSA) is 70.7 Å². The highest BCUT2D eigenvalue weighted by Crippen LogP contribution is 2.25. The molecule has 0 spiro atoms. The summed E-state index contributed by atoms with van der Waals surface area (Å²) in [6, 6.07) is 23.6. The van der Waals surface area contributed by atoms with Gasteiger partial charge in [0.1, 0.15) is 24.7 Å². The van der Waals surface area contributed by atoms with Crippen molar-refractivity contribution in [2.24, 2.45) is 0 Å². The molecule has 3 aromatic carbocycles. The molecular weight excluding hydrogens is 358 g/mol. The van der Waals surface area contributed by atoms with Gasteiger partial charge in [-0.25, -0.2) is 4.79 Å². The predicted octanol–water partition coefficient (Wildman–Crippen LogP) is 4.13. The van der Waals surface area contributed by atoms with Gasteiger partial charge in [0.2, 0.25) is 0 Å². The quantitative estimate of drug-likeness (QED) is 0.474. The Morgan fingerprint density at radius 1 is 0.893 bits per heavy atom. The Morgan fingerprint density at radius 2 is 1.61 bits per heavy atom. The van der Waals surface area contributed by atoms with Gasteiger partial charge in [-0.1, -0.05) is 48.5 Å². The van der Waals surface area contributed by atoms with Crippen LogP contribution >= 0.6 is 0 Å². The molecule has 6 nitrogen and oxygen atoms in total. The van der Waals surface area contributed by atoms with E-state index in [2.05, 4.69) is 0 Å². The van der Waals surface area contributed by atoms with E-state index in [4.69, 9.17) is 13.9 Å². The Bertz CT molecular complexity index is 1160. The van der Waals surface area contributed by atoms with E-state index in [1.54, 1.807) is 24.3 Å². The molecule has 4 rings (SSSR count). The summed E-state index contributed by atoms with van der Waals surface area (Å²) in [5.74, 6) is 0.166. The van der Waals surface area contributed by atoms with E-state index in [1.807, 2.05) is 54.6 Å². The molecule has 6 heteroatoms. The highest BCUT2D eigenvalue weighted by molar-refractivity contribution is 5.76. The summed E-state index contributed by atoms with van der Waals surface area (Å²) in [7, 11) is 0. The number of carbonyl (C=O) groups excluding carboxylic acids is 1. The van der Waals surface area contributed by atoms with Gasteiger partial charge in [-0.2, -0.15) is 0 Å². The molecule has 0 N–H and O–H groups in total. The first-order chi connectivity index (χ1) is 13.7. The Morgan fingerprint density at radius 3 is 2.46 bits per heavy atom. The first kappa shape index (κ1) is 17.6. The molecule has 0 bridgehead atoms. The number of oxazole rings is 1. The summed E-state index contributed by atoms with van der Waals surface area (Å²) in [6.45, 7) is -0.191. The molecule has 0 radical (unpaired) electrons. The van der Waals surface area contributed by atoms with Crippen molar-refractivity contribution in [2.75, 3.05) is 0 Å². The van der Waals surface area contributed by atoms with E-state index < -0.39 is 11.7 Å². The summed E-state index contributed by atoms with van der Waals surface area (Å²) < 4.78 is 17.6. The van der Waals surface area contributed by atoms with Gasteiger partial charge in [-0.3, -0.25) is 9.36 Å². The number of para-hydroxylation sites is 4. The molecule has 0 fully saturated rings. The molecule has 4 aromatic rings. The number of hydrogen-bond donors (Lipinski definition) is 0. The fourth-order valence-corrected chi connectivity index (χ4v) is 2.83. The highest BCUT2D eigenvalue weighted by Gasteiger charge is 2.14. The highest BCUT2D eigenvalue weighted by atomic mass is 16.5. The number of hydrogen-bond acceptors (Lipinski definition) is 5. The molecule has 0 atom stereocenters. The van der Waals surface area contributed by atoms with Gasteiger partial charge in [0, 0.05) is 5.56 Å². The number of fused-ring (bicyclic) bond motifs is 1. The van der Waals surface area contributed by atoms with Crippen LogP contribution in [0.4, 0.5) is 0 Å². The fraction of sp³-hybridized carbons (Fsp3) is 0.0909. The van der Waals surface area contributed by atoms with Crippen molar-refractivity contribution in [3.8, 4) is 11.5 Å². The zero-order valence-electron chi connectivity index (χ0n) is 14.9. The third kappa shape index (κ3) is 3.81. The second-order valence-corrected chi connectivity index (χ2v) is 6.11. The minimum atomic E-state index is -0.592. The van der Waals surface area contributed by atoms with E-state index in [0.717, 1.165) is 5.56 Å². The van der Waals surface area contributed by atoms with Crippen molar-refractivity contribution in [2.45, 2.75) is 13.2 Å². The fourth-order valence-electron chi connectivity index (χ4n) is 2.83. The maximum Gasteiger partial charge on any atom is 0.420 e. The smallest absolute Gasteiger partial charge is 0.420 e. The SMILES string of the molecule is O=C(Cn1c(=O)oc2ccccc21)OCc1ccccc1Oc1ccccc1. The van der Waals surface area contributed by atoms with Crippen LogP contribution in [0, 0.1) is 0 Å².